The molecule has 1 aromatic carbocycles. The van der Waals surface area contributed by atoms with E-state index in [0.717, 1.165) is 16.9 Å². The largest absolute Gasteiger partial charge is 0.264 e. The molecule has 0 bridgehead atoms. The fourth-order valence-electron chi connectivity index (χ4n) is 2.00. The summed E-state index contributed by atoms with van der Waals surface area (Å²) in [7, 11) is 0. The van der Waals surface area contributed by atoms with Crippen LogP contribution in [0.2, 0.25) is 0 Å². The Bertz CT molecular complexity index is 764. The number of hydrogen-bond donors (Lipinski definition) is 0. The average molecular weight is 260 g/mol. The van der Waals surface area contributed by atoms with Crippen LogP contribution in [-0.2, 0) is 0 Å². The SMILES string of the molecule is Cc1ccc(-n2nc(-c3cccnc3)cc2C#N)cc1. The molecule has 3 aromatic rings. The standard InChI is InChI=1S/C16H12N4/c1-12-4-6-14(7-5-12)20-15(10-17)9-16(19-20)13-3-2-8-18-11-13/h2-9,11H,1H3. The molecule has 0 amide bonds. The van der Waals surface area contributed by atoms with Gasteiger partial charge in [0.2, 0.25) is 0 Å². The summed E-state index contributed by atoms with van der Waals surface area (Å²) in [6, 6.07) is 15.6. The van der Waals surface area contributed by atoms with Crippen molar-refractivity contribution >= 4 is 0 Å². The Morgan fingerprint density at radius 1 is 1.15 bits per heavy atom. The minimum absolute atomic E-state index is 0.507. The van der Waals surface area contributed by atoms with E-state index in [-0.39, 0.29) is 0 Å². The normalized spacial score (nSPS) is 10.2. The molecule has 0 aliphatic heterocycles. The summed E-state index contributed by atoms with van der Waals surface area (Å²) >= 11 is 0. The maximum absolute atomic E-state index is 9.27. The molecule has 0 N–H and O–H groups in total. The van der Waals surface area contributed by atoms with Crippen molar-refractivity contribution in [3.63, 3.8) is 0 Å². The monoisotopic (exact) mass is 260 g/mol. The van der Waals surface area contributed by atoms with Gasteiger partial charge in [-0.3, -0.25) is 4.98 Å². The molecule has 0 aliphatic rings. The molecule has 0 fully saturated rings. The van der Waals surface area contributed by atoms with E-state index in [1.54, 1.807) is 23.1 Å². The molecule has 4 nitrogen and oxygen atoms in total. The Morgan fingerprint density at radius 2 is 1.95 bits per heavy atom. The molecule has 2 aromatic heterocycles. The van der Waals surface area contributed by atoms with E-state index in [4.69, 9.17) is 0 Å². The Kier molecular flexibility index (Phi) is 3.02. The number of rotatable bonds is 2. The Hall–Kier alpha value is -2.93. The summed E-state index contributed by atoms with van der Waals surface area (Å²) < 4.78 is 1.65. The average Bonchev–Trinajstić information content (AvgIpc) is 2.93. The third-order valence-electron chi connectivity index (χ3n) is 3.06. The second-order valence-electron chi connectivity index (χ2n) is 4.52. The summed E-state index contributed by atoms with van der Waals surface area (Å²) in [5.41, 5.74) is 4.20. The topological polar surface area (TPSA) is 54.5 Å². The van der Waals surface area contributed by atoms with Gasteiger partial charge in [0.1, 0.15) is 11.8 Å². The zero-order chi connectivity index (χ0) is 13.9. The van der Waals surface area contributed by atoms with Crippen molar-refractivity contribution in [3.8, 4) is 23.0 Å². The minimum atomic E-state index is 0.507. The zero-order valence-electron chi connectivity index (χ0n) is 11.0. The van der Waals surface area contributed by atoms with Crippen molar-refractivity contribution in [3.05, 3.63) is 66.1 Å². The summed E-state index contributed by atoms with van der Waals surface area (Å²) in [6.07, 6.45) is 3.45. The molecule has 0 saturated carbocycles. The van der Waals surface area contributed by atoms with E-state index < -0.39 is 0 Å². The van der Waals surface area contributed by atoms with Crippen LogP contribution in [0.15, 0.2) is 54.9 Å². The van der Waals surface area contributed by atoms with Crippen LogP contribution in [0.1, 0.15) is 11.3 Å². The van der Waals surface area contributed by atoms with Crippen molar-refractivity contribution in [2.75, 3.05) is 0 Å². The summed E-state index contributed by atoms with van der Waals surface area (Å²) in [6.45, 7) is 2.03. The lowest BCUT2D eigenvalue weighted by Crippen LogP contribution is -1.99. The maximum Gasteiger partial charge on any atom is 0.144 e. The smallest absolute Gasteiger partial charge is 0.144 e. The number of aromatic nitrogens is 3. The molecule has 0 saturated heterocycles. The van der Waals surface area contributed by atoms with Crippen molar-refractivity contribution in [1.82, 2.24) is 14.8 Å². The second-order valence-corrected chi connectivity index (χ2v) is 4.52. The highest BCUT2D eigenvalue weighted by Crippen LogP contribution is 2.20. The second kappa shape index (κ2) is 4.98. The van der Waals surface area contributed by atoms with Crippen LogP contribution >= 0.6 is 0 Å². The van der Waals surface area contributed by atoms with Crippen molar-refractivity contribution < 1.29 is 0 Å². The third-order valence-corrected chi connectivity index (χ3v) is 3.06. The van der Waals surface area contributed by atoms with Gasteiger partial charge in [-0.25, -0.2) is 4.68 Å². The molecule has 0 spiro atoms. The third kappa shape index (κ3) is 2.17. The highest BCUT2D eigenvalue weighted by atomic mass is 15.3. The van der Waals surface area contributed by atoms with Crippen LogP contribution in [-0.4, -0.2) is 14.8 Å². The van der Waals surface area contributed by atoms with Crippen LogP contribution in [0.4, 0.5) is 0 Å². The van der Waals surface area contributed by atoms with Gasteiger partial charge in [0.15, 0.2) is 0 Å². The van der Waals surface area contributed by atoms with Crippen LogP contribution in [0.5, 0.6) is 0 Å². The molecule has 0 aliphatic carbocycles. The number of hydrogen-bond acceptors (Lipinski definition) is 3. The predicted molar refractivity (Wildman–Crippen MR) is 76.2 cm³/mol. The van der Waals surface area contributed by atoms with Gasteiger partial charge in [0, 0.05) is 24.0 Å². The first-order chi connectivity index (χ1) is 9.78. The van der Waals surface area contributed by atoms with Crippen LogP contribution in [0, 0.1) is 18.3 Å². The summed E-state index contributed by atoms with van der Waals surface area (Å²) in [5, 5.41) is 13.8. The van der Waals surface area contributed by atoms with Gasteiger partial charge in [0.25, 0.3) is 0 Å². The highest BCUT2D eigenvalue weighted by Gasteiger charge is 2.10. The summed E-state index contributed by atoms with van der Waals surface area (Å²) in [4.78, 5) is 4.08. The van der Waals surface area contributed by atoms with Crippen molar-refractivity contribution in [1.29, 1.82) is 5.26 Å². The molecule has 3 rings (SSSR count). The Labute approximate surface area is 116 Å². The molecular weight excluding hydrogens is 248 g/mol. The number of nitrogens with zero attached hydrogens (tertiary/aromatic N) is 4. The van der Waals surface area contributed by atoms with Crippen LogP contribution < -0.4 is 0 Å². The van der Waals surface area contributed by atoms with Crippen LogP contribution in [0.3, 0.4) is 0 Å². The number of pyridine rings is 1. The van der Waals surface area contributed by atoms with E-state index in [2.05, 4.69) is 16.2 Å². The molecule has 0 radical (unpaired) electrons. The first kappa shape index (κ1) is 12.1. The summed E-state index contributed by atoms with van der Waals surface area (Å²) in [5.74, 6) is 0. The Morgan fingerprint density at radius 3 is 2.60 bits per heavy atom. The first-order valence-corrected chi connectivity index (χ1v) is 6.25. The Balaban J connectivity index is 2.11. The predicted octanol–water partition coefficient (Wildman–Crippen LogP) is 3.11. The van der Waals surface area contributed by atoms with E-state index in [1.165, 1.54) is 5.56 Å². The first-order valence-electron chi connectivity index (χ1n) is 6.25. The van der Waals surface area contributed by atoms with Crippen LogP contribution in [0.25, 0.3) is 16.9 Å². The minimum Gasteiger partial charge on any atom is -0.264 e. The number of benzene rings is 1. The highest BCUT2D eigenvalue weighted by molar-refractivity contribution is 5.60. The molecule has 20 heavy (non-hydrogen) atoms. The molecule has 96 valence electrons. The molecule has 0 atom stereocenters. The van der Waals surface area contributed by atoms with Gasteiger partial charge in [-0.2, -0.15) is 10.4 Å². The van der Waals surface area contributed by atoms with E-state index in [9.17, 15) is 5.26 Å². The van der Waals surface area contributed by atoms with Gasteiger partial charge in [-0.15, -0.1) is 0 Å². The number of aryl methyl sites for hydroxylation is 1. The van der Waals surface area contributed by atoms with E-state index in [1.807, 2.05) is 43.3 Å². The van der Waals surface area contributed by atoms with Gasteiger partial charge in [-0.05, 0) is 31.2 Å². The zero-order valence-corrected chi connectivity index (χ0v) is 11.0. The fourth-order valence-corrected chi connectivity index (χ4v) is 2.00. The van der Waals surface area contributed by atoms with Crippen molar-refractivity contribution in [2.24, 2.45) is 0 Å². The lowest BCUT2D eigenvalue weighted by atomic mass is 10.2. The quantitative estimate of drug-likeness (QED) is 0.711. The molecule has 2 heterocycles. The van der Waals surface area contributed by atoms with Gasteiger partial charge in [0.05, 0.1) is 11.4 Å². The van der Waals surface area contributed by atoms with Gasteiger partial charge in [-0.1, -0.05) is 17.7 Å². The molecular formula is C16H12N4. The lowest BCUT2D eigenvalue weighted by Gasteiger charge is -2.03. The van der Waals surface area contributed by atoms with Gasteiger partial charge >= 0.3 is 0 Å². The van der Waals surface area contributed by atoms with E-state index >= 15 is 0 Å². The molecule has 0 unspecified atom stereocenters. The maximum atomic E-state index is 9.27. The number of nitriles is 1. The van der Waals surface area contributed by atoms with Gasteiger partial charge < -0.3 is 0 Å². The molecule has 4 heteroatoms. The van der Waals surface area contributed by atoms with Crippen molar-refractivity contribution in [2.45, 2.75) is 6.92 Å². The van der Waals surface area contributed by atoms with E-state index in [0.29, 0.717) is 5.69 Å². The fraction of sp³-hybridized carbons (Fsp3) is 0.0625. The lowest BCUT2D eigenvalue weighted by molar-refractivity contribution is 0.869.